The highest BCUT2D eigenvalue weighted by Gasteiger charge is 2.13. The van der Waals surface area contributed by atoms with Gasteiger partial charge in [0.1, 0.15) is 11.6 Å². The Kier molecular flexibility index (Phi) is 3.84. The maximum atomic E-state index is 9.92. The molecule has 0 spiro atoms. The van der Waals surface area contributed by atoms with E-state index in [0.29, 0.717) is 5.84 Å². The maximum absolute atomic E-state index is 9.92. The molecule has 1 fully saturated rings. The van der Waals surface area contributed by atoms with Crippen LogP contribution in [0.3, 0.4) is 0 Å². The highest BCUT2D eigenvalue weighted by atomic mass is 79.9. The van der Waals surface area contributed by atoms with E-state index in [1.807, 2.05) is 29.2 Å². The van der Waals surface area contributed by atoms with Crippen LogP contribution < -0.4 is 0 Å². The molecule has 1 saturated heterocycles. The molecule has 17 heavy (non-hydrogen) atoms. The second-order valence-corrected chi connectivity index (χ2v) is 5.03. The van der Waals surface area contributed by atoms with Crippen molar-refractivity contribution in [2.24, 2.45) is 0 Å². The predicted octanol–water partition coefficient (Wildman–Crippen LogP) is 3.42. The SMILES string of the molecule is N=C(/C=C(\O)c1ccc(Br)cc1)N1CCCC1. The maximum Gasteiger partial charge on any atom is 0.126 e. The van der Waals surface area contributed by atoms with Gasteiger partial charge >= 0.3 is 0 Å². The number of amidine groups is 1. The molecule has 0 aromatic heterocycles. The van der Waals surface area contributed by atoms with Crippen LogP contribution in [-0.2, 0) is 0 Å². The first-order valence-corrected chi connectivity index (χ1v) is 6.46. The van der Waals surface area contributed by atoms with Crippen molar-refractivity contribution < 1.29 is 5.11 Å². The molecular formula is C13H15BrN2O. The van der Waals surface area contributed by atoms with Gasteiger partial charge in [-0.15, -0.1) is 0 Å². The molecule has 0 aliphatic carbocycles. The van der Waals surface area contributed by atoms with Crippen molar-refractivity contribution in [1.82, 2.24) is 4.90 Å². The van der Waals surface area contributed by atoms with Crippen molar-refractivity contribution in [1.29, 1.82) is 5.41 Å². The van der Waals surface area contributed by atoms with Crippen molar-refractivity contribution in [3.05, 3.63) is 40.4 Å². The van der Waals surface area contributed by atoms with Crippen LogP contribution in [0.15, 0.2) is 34.8 Å². The smallest absolute Gasteiger partial charge is 0.126 e. The van der Waals surface area contributed by atoms with Crippen LogP contribution in [-0.4, -0.2) is 28.9 Å². The van der Waals surface area contributed by atoms with E-state index in [2.05, 4.69) is 15.9 Å². The van der Waals surface area contributed by atoms with E-state index < -0.39 is 0 Å². The van der Waals surface area contributed by atoms with Crippen LogP contribution in [0.5, 0.6) is 0 Å². The van der Waals surface area contributed by atoms with Gasteiger partial charge in [-0.2, -0.15) is 0 Å². The summed E-state index contributed by atoms with van der Waals surface area (Å²) in [7, 11) is 0. The van der Waals surface area contributed by atoms with E-state index in [1.165, 1.54) is 6.08 Å². The molecule has 0 atom stereocenters. The molecule has 90 valence electrons. The minimum absolute atomic E-state index is 0.148. The molecule has 2 rings (SSSR count). The Morgan fingerprint density at radius 1 is 1.24 bits per heavy atom. The van der Waals surface area contributed by atoms with Crippen LogP contribution in [0.25, 0.3) is 5.76 Å². The average molecular weight is 295 g/mol. The highest BCUT2D eigenvalue weighted by Crippen LogP contribution is 2.17. The Labute approximate surface area is 109 Å². The van der Waals surface area contributed by atoms with Gasteiger partial charge in [-0.3, -0.25) is 5.41 Å². The first-order valence-electron chi connectivity index (χ1n) is 5.67. The van der Waals surface area contributed by atoms with Crippen molar-refractivity contribution in [2.75, 3.05) is 13.1 Å². The molecule has 1 aromatic rings. The monoisotopic (exact) mass is 294 g/mol. The fourth-order valence-electron chi connectivity index (χ4n) is 1.88. The third-order valence-corrected chi connectivity index (χ3v) is 3.39. The minimum atomic E-state index is 0.148. The first-order chi connectivity index (χ1) is 8.16. The summed E-state index contributed by atoms with van der Waals surface area (Å²) in [6.45, 7) is 1.84. The number of benzene rings is 1. The number of hydrogen-bond donors (Lipinski definition) is 2. The largest absolute Gasteiger partial charge is 0.507 e. The Morgan fingerprint density at radius 3 is 2.41 bits per heavy atom. The van der Waals surface area contributed by atoms with Gasteiger partial charge in [0.2, 0.25) is 0 Å². The molecule has 4 heteroatoms. The van der Waals surface area contributed by atoms with E-state index in [1.54, 1.807) is 0 Å². The number of hydrogen-bond acceptors (Lipinski definition) is 2. The lowest BCUT2D eigenvalue weighted by molar-refractivity contribution is 0.502. The van der Waals surface area contributed by atoms with Gasteiger partial charge in [-0.05, 0) is 25.0 Å². The zero-order chi connectivity index (χ0) is 12.3. The molecule has 0 unspecified atom stereocenters. The summed E-state index contributed by atoms with van der Waals surface area (Å²) in [5, 5.41) is 17.8. The van der Waals surface area contributed by atoms with Crippen molar-refractivity contribution in [3.8, 4) is 0 Å². The summed E-state index contributed by atoms with van der Waals surface area (Å²) < 4.78 is 0.976. The number of aliphatic hydroxyl groups is 1. The average Bonchev–Trinajstić information content (AvgIpc) is 2.83. The highest BCUT2D eigenvalue weighted by molar-refractivity contribution is 9.10. The second kappa shape index (κ2) is 5.36. The summed E-state index contributed by atoms with van der Waals surface area (Å²) in [5.41, 5.74) is 0.733. The third kappa shape index (κ3) is 3.09. The number of aliphatic hydroxyl groups excluding tert-OH is 1. The van der Waals surface area contributed by atoms with E-state index >= 15 is 0 Å². The Hall–Kier alpha value is -1.29. The normalized spacial score (nSPS) is 16.3. The molecule has 3 nitrogen and oxygen atoms in total. The molecule has 1 heterocycles. The number of nitrogens with one attached hydrogen (secondary N) is 1. The number of rotatable bonds is 2. The summed E-state index contributed by atoms with van der Waals surface area (Å²) >= 11 is 3.35. The molecule has 0 saturated carbocycles. The molecular weight excluding hydrogens is 280 g/mol. The van der Waals surface area contributed by atoms with Gasteiger partial charge < -0.3 is 10.0 Å². The molecule has 1 aliphatic rings. The van der Waals surface area contributed by atoms with Crippen molar-refractivity contribution in [3.63, 3.8) is 0 Å². The summed E-state index contributed by atoms with van der Waals surface area (Å²) in [6, 6.07) is 7.40. The lowest BCUT2D eigenvalue weighted by Gasteiger charge is -2.15. The zero-order valence-corrected chi connectivity index (χ0v) is 11.1. The van der Waals surface area contributed by atoms with Gasteiger partial charge in [-0.25, -0.2) is 0 Å². The third-order valence-electron chi connectivity index (χ3n) is 2.86. The van der Waals surface area contributed by atoms with Gasteiger partial charge in [0, 0.05) is 29.2 Å². The molecule has 1 aliphatic heterocycles. The number of halogens is 1. The quantitative estimate of drug-likeness (QED) is 0.499. The molecule has 1 aromatic carbocycles. The zero-order valence-electron chi connectivity index (χ0n) is 9.49. The topological polar surface area (TPSA) is 47.3 Å². The van der Waals surface area contributed by atoms with E-state index in [4.69, 9.17) is 5.41 Å². The van der Waals surface area contributed by atoms with Gasteiger partial charge in [0.25, 0.3) is 0 Å². The van der Waals surface area contributed by atoms with Crippen LogP contribution >= 0.6 is 15.9 Å². The Balaban J connectivity index is 2.10. The van der Waals surface area contributed by atoms with Gasteiger partial charge in [-0.1, -0.05) is 28.1 Å². The minimum Gasteiger partial charge on any atom is -0.507 e. The first kappa shape index (κ1) is 12.2. The van der Waals surface area contributed by atoms with E-state index in [0.717, 1.165) is 36.0 Å². The number of nitrogens with zero attached hydrogens (tertiary/aromatic N) is 1. The number of likely N-dealkylation sites (tertiary alicyclic amines) is 1. The Morgan fingerprint density at radius 2 is 1.82 bits per heavy atom. The van der Waals surface area contributed by atoms with Crippen LogP contribution in [0.2, 0.25) is 0 Å². The molecule has 2 N–H and O–H groups in total. The molecule has 0 radical (unpaired) electrons. The van der Waals surface area contributed by atoms with Crippen LogP contribution in [0.4, 0.5) is 0 Å². The van der Waals surface area contributed by atoms with Crippen LogP contribution in [0.1, 0.15) is 18.4 Å². The summed E-state index contributed by atoms with van der Waals surface area (Å²) in [5.74, 6) is 0.539. The fourth-order valence-corrected chi connectivity index (χ4v) is 2.15. The van der Waals surface area contributed by atoms with E-state index in [9.17, 15) is 5.11 Å². The lowest BCUT2D eigenvalue weighted by atomic mass is 10.2. The van der Waals surface area contributed by atoms with Crippen LogP contribution in [0, 0.1) is 5.41 Å². The predicted molar refractivity (Wildman–Crippen MR) is 73.3 cm³/mol. The van der Waals surface area contributed by atoms with Crippen molar-refractivity contribution in [2.45, 2.75) is 12.8 Å². The van der Waals surface area contributed by atoms with Gasteiger partial charge in [0.15, 0.2) is 0 Å². The van der Waals surface area contributed by atoms with Crippen molar-refractivity contribution >= 4 is 27.5 Å². The molecule has 0 bridgehead atoms. The second-order valence-electron chi connectivity index (χ2n) is 4.12. The lowest BCUT2D eigenvalue weighted by Crippen LogP contribution is -2.25. The fraction of sp³-hybridized carbons (Fsp3) is 0.308. The Bertz CT molecular complexity index is 433. The van der Waals surface area contributed by atoms with Gasteiger partial charge in [0.05, 0.1) is 0 Å². The van der Waals surface area contributed by atoms with E-state index in [-0.39, 0.29) is 5.76 Å². The standard InChI is InChI=1S/C13H15BrN2O/c14-11-5-3-10(4-6-11)12(17)9-13(15)16-7-1-2-8-16/h3-6,9,15,17H,1-2,7-8H2/b12-9-,15-13?. The summed E-state index contributed by atoms with van der Waals surface area (Å²) in [6.07, 6.45) is 3.79. The summed E-state index contributed by atoms with van der Waals surface area (Å²) in [4.78, 5) is 1.98. The molecule has 0 amide bonds.